The number of urea groups is 2. The Morgan fingerprint density at radius 2 is 1.97 bits per heavy atom. The van der Waals surface area contributed by atoms with Crippen LogP contribution in [0.2, 0.25) is 0 Å². The third kappa shape index (κ3) is 4.98. The molecule has 9 nitrogen and oxygen atoms in total. The fourth-order valence-electron chi connectivity index (χ4n) is 3.72. The minimum Gasteiger partial charge on any atom is -0.478 e. The number of aryl methyl sites for hydroxylation is 1. The highest BCUT2D eigenvalue weighted by Crippen LogP contribution is 2.28. The molecule has 5 amide bonds. The van der Waals surface area contributed by atoms with E-state index in [1.807, 2.05) is 0 Å². The number of amides is 5. The number of benzene rings is 2. The summed E-state index contributed by atoms with van der Waals surface area (Å²) >= 11 is 3.11. The van der Waals surface area contributed by atoms with Gasteiger partial charge >= 0.3 is 18.0 Å². The zero-order valence-corrected chi connectivity index (χ0v) is 19.5. The molecule has 1 unspecified atom stereocenters. The van der Waals surface area contributed by atoms with Crippen LogP contribution in [0.5, 0.6) is 0 Å². The number of carbonyl (C=O) groups excluding carboxylic acids is 3. The molecule has 1 aliphatic rings. The second kappa shape index (κ2) is 9.57. The third-order valence-electron chi connectivity index (χ3n) is 5.60. The smallest absolute Gasteiger partial charge is 0.344 e. The zero-order valence-electron chi connectivity index (χ0n) is 17.9. The predicted molar refractivity (Wildman–Crippen MR) is 121 cm³/mol. The van der Waals surface area contributed by atoms with Crippen LogP contribution in [-0.2, 0) is 11.2 Å². The Kier molecular flexibility index (Phi) is 7.01. The summed E-state index contributed by atoms with van der Waals surface area (Å²) in [6.45, 7) is 3.48. The van der Waals surface area contributed by atoms with Crippen LogP contribution in [0.4, 0.5) is 19.7 Å². The highest BCUT2D eigenvalue weighted by molar-refractivity contribution is 9.10. The van der Waals surface area contributed by atoms with Crippen LogP contribution in [0.3, 0.4) is 0 Å². The normalized spacial score (nSPS) is 17.6. The van der Waals surface area contributed by atoms with Crippen molar-refractivity contribution in [3.05, 3.63) is 63.4 Å². The number of carboxylic acids is 1. The van der Waals surface area contributed by atoms with Crippen molar-refractivity contribution in [1.29, 1.82) is 0 Å². The maximum Gasteiger partial charge on any atom is 0.344 e. The number of hydrogen-bond acceptors (Lipinski definition) is 4. The van der Waals surface area contributed by atoms with Crippen LogP contribution in [-0.4, -0.2) is 39.6 Å². The molecule has 174 valence electrons. The van der Waals surface area contributed by atoms with E-state index in [0.717, 1.165) is 11.6 Å². The molecule has 2 aromatic carbocycles. The summed E-state index contributed by atoms with van der Waals surface area (Å²) in [7, 11) is 0. The summed E-state index contributed by atoms with van der Waals surface area (Å²) < 4.78 is 14.4. The van der Waals surface area contributed by atoms with Crippen LogP contribution in [0.15, 0.2) is 40.9 Å². The van der Waals surface area contributed by atoms with E-state index < -0.39 is 35.3 Å². The fourth-order valence-corrected chi connectivity index (χ4v) is 4.06. The summed E-state index contributed by atoms with van der Waals surface area (Å²) in [5.74, 6) is -2.47. The molecule has 1 heterocycles. The first-order valence-corrected chi connectivity index (χ1v) is 10.9. The molecule has 33 heavy (non-hydrogen) atoms. The molecule has 0 saturated carbocycles. The number of hydrazine groups is 1. The van der Waals surface area contributed by atoms with Gasteiger partial charge < -0.3 is 15.7 Å². The molecule has 1 atom stereocenters. The van der Waals surface area contributed by atoms with Crippen LogP contribution in [0, 0.1) is 12.7 Å². The summed E-state index contributed by atoms with van der Waals surface area (Å²) in [6, 6.07) is 7.08. The highest BCUT2D eigenvalue weighted by Gasteiger charge is 2.50. The Labute approximate surface area is 197 Å². The van der Waals surface area contributed by atoms with Gasteiger partial charge in [0.15, 0.2) is 0 Å². The van der Waals surface area contributed by atoms with E-state index in [1.54, 1.807) is 26.0 Å². The van der Waals surface area contributed by atoms with Crippen LogP contribution in [0.25, 0.3) is 0 Å². The number of rotatable bonds is 7. The lowest BCUT2D eigenvalue weighted by atomic mass is 9.86. The van der Waals surface area contributed by atoms with Crippen molar-refractivity contribution in [3.63, 3.8) is 0 Å². The quantitative estimate of drug-likeness (QED) is 0.410. The number of halogens is 2. The molecular weight excluding hydrogens is 499 g/mol. The minimum absolute atomic E-state index is 0.125. The van der Waals surface area contributed by atoms with Gasteiger partial charge in [0.2, 0.25) is 0 Å². The highest BCUT2D eigenvalue weighted by atomic mass is 79.9. The van der Waals surface area contributed by atoms with Gasteiger partial charge in [-0.15, -0.1) is 0 Å². The molecule has 1 saturated heterocycles. The number of anilines is 1. The molecule has 4 N–H and O–H groups in total. The maximum absolute atomic E-state index is 14.0. The van der Waals surface area contributed by atoms with Crippen LogP contribution in [0.1, 0.15) is 41.3 Å². The average Bonchev–Trinajstić information content (AvgIpc) is 2.99. The van der Waals surface area contributed by atoms with E-state index in [9.17, 15) is 28.7 Å². The summed E-state index contributed by atoms with van der Waals surface area (Å²) in [6.07, 6.45) is 0.561. The Hall–Kier alpha value is -3.47. The van der Waals surface area contributed by atoms with Crippen molar-refractivity contribution in [3.8, 4) is 0 Å². The van der Waals surface area contributed by atoms with Gasteiger partial charge in [0.05, 0.1) is 11.3 Å². The number of carboxylic acid groups (broad SMARTS) is 1. The second-order valence-electron chi connectivity index (χ2n) is 7.60. The average molecular weight is 521 g/mol. The molecule has 3 rings (SSSR count). The number of carbonyl (C=O) groups is 4. The molecule has 0 aliphatic carbocycles. The van der Waals surface area contributed by atoms with Gasteiger partial charge in [-0.25, -0.2) is 24.2 Å². The molecule has 0 aromatic heterocycles. The number of nitrogens with one attached hydrogen (secondary N) is 3. The van der Waals surface area contributed by atoms with Crippen molar-refractivity contribution in [2.45, 2.75) is 38.6 Å². The summed E-state index contributed by atoms with van der Waals surface area (Å²) in [4.78, 5) is 49.5. The van der Waals surface area contributed by atoms with Crippen LogP contribution >= 0.6 is 15.9 Å². The number of imide groups is 1. The molecule has 1 aliphatic heterocycles. The lowest BCUT2D eigenvalue weighted by Gasteiger charge is -2.25. The van der Waals surface area contributed by atoms with E-state index in [-0.39, 0.29) is 30.5 Å². The molecule has 0 bridgehead atoms. The SMILES string of the molecule is CCC1(CCc2c(C)cccc2C(=O)O)NC(=O)N(NC(=O)Nc2ccc(Br)cc2F)C1=O. The predicted octanol–water partition coefficient (Wildman–Crippen LogP) is 3.96. The van der Waals surface area contributed by atoms with E-state index in [2.05, 4.69) is 32.0 Å². The topological polar surface area (TPSA) is 128 Å². The minimum atomic E-state index is -1.33. The van der Waals surface area contributed by atoms with E-state index in [0.29, 0.717) is 15.0 Å². The Morgan fingerprint density at radius 3 is 2.61 bits per heavy atom. The van der Waals surface area contributed by atoms with Crippen molar-refractivity contribution in [1.82, 2.24) is 15.8 Å². The first-order valence-electron chi connectivity index (χ1n) is 10.1. The first-order chi connectivity index (χ1) is 15.6. The lowest BCUT2D eigenvalue weighted by molar-refractivity contribution is -0.133. The molecule has 1 fully saturated rings. The van der Waals surface area contributed by atoms with Gasteiger partial charge in [0.1, 0.15) is 11.4 Å². The summed E-state index contributed by atoms with van der Waals surface area (Å²) in [5.41, 5.74) is 2.13. The largest absolute Gasteiger partial charge is 0.478 e. The molecule has 11 heteroatoms. The summed E-state index contributed by atoms with van der Waals surface area (Å²) in [5, 5.41) is 14.9. The van der Waals surface area contributed by atoms with Gasteiger partial charge in [-0.05, 0) is 61.6 Å². The fraction of sp³-hybridized carbons (Fsp3) is 0.273. The van der Waals surface area contributed by atoms with Gasteiger partial charge in [-0.2, -0.15) is 5.01 Å². The third-order valence-corrected chi connectivity index (χ3v) is 6.09. The Balaban J connectivity index is 1.74. The zero-order chi connectivity index (χ0) is 24.3. The number of aromatic carboxylic acids is 1. The molecular formula is C22H22BrFN4O5. The Morgan fingerprint density at radius 1 is 1.24 bits per heavy atom. The monoisotopic (exact) mass is 520 g/mol. The number of nitrogens with zero attached hydrogens (tertiary/aromatic N) is 1. The van der Waals surface area contributed by atoms with E-state index >= 15 is 0 Å². The van der Waals surface area contributed by atoms with Crippen molar-refractivity contribution >= 4 is 45.6 Å². The van der Waals surface area contributed by atoms with E-state index in [1.165, 1.54) is 18.2 Å². The molecule has 2 aromatic rings. The van der Waals surface area contributed by atoms with Gasteiger partial charge in [0.25, 0.3) is 5.91 Å². The van der Waals surface area contributed by atoms with Crippen molar-refractivity contribution in [2.75, 3.05) is 5.32 Å². The van der Waals surface area contributed by atoms with Gasteiger partial charge in [-0.1, -0.05) is 35.0 Å². The van der Waals surface area contributed by atoms with Crippen molar-refractivity contribution < 1.29 is 28.7 Å². The van der Waals surface area contributed by atoms with Gasteiger partial charge in [0, 0.05) is 4.47 Å². The van der Waals surface area contributed by atoms with Crippen molar-refractivity contribution in [2.24, 2.45) is 0 Å². The van der Waals surface area contributed by atoms with Gasteiger partial charge in [-0.3, -0.25) is 4.79 Å². The lowest BCUT2D eigenvalue weighted by Crippen LogP contribution is -2.51. The van der Waals surface area contributed by atoms with E-state index in [4.69, 9.17) is 0 Å². The van der Waals surface area contributed by atoms with Crippen LogP contribution < -0.4 is 16.1 Å². The second-order valence-corrected chi connectivity index (χ2v) is 8.52. The molecule has 0 radical (unpaired) electrons. The molecule has 0 spiro atoms. The number of hydrogen-bond donors (Lipinski definition) is 4. The first kappa shape index (κ1) is 24.2. The maximum atomic E-state index is 14.0. The Bertz CT molecular complexity index is 1140. The standard InChI is InChI=1S/C22H22BrFN4O5/c1-3-22(10-9-14-12(2)5-4-6-15(14)18(29)30)19(31)28(21(33)26-22)27-20(32)25-17-8-7-13(23)11-16(17)24/h4-8,11H,3,9-10H2,1-2H3,(H,26,33)(H,29,30)(H2,25,27,32).